The molecule has 3 heteroatoms. The predicted octanol–water partition coefficient (Wildman–Crippen LogP) is 2.24. The van der Waals surface area contributed by atoms with E-state index in [1.54, 1.807) is 0 Å². The van der Waals surface area contributed by atoms with Crippen LogP contribution in [0.2, 0.25) is 0 Å². The largest absolute Gasteiger partial charge is 0.317 e. The minimum absolute atomic E-state index is 0.125. The van der Waals surface area contributed by atoms with Crippen LogP contribution in [-0.2, 0) is 4.79 Å². The Balaban J connectivity index is 4.77. The topological polar surface area (TPSA) is 49.3 Å². The molecule has 2 N–H and O–H groups in total. The van der Waals surface area contributed by atoms with Crippen LogP contribution in [0.15, 0.2) is 0 Å². The van der Waals surface area contributed by atoms with Gasteiger partial charge >= 0.3 is 0 Å². The Morgan fingerprint density at radius 2 is 1.64 bits per heavy atom. The highest BCUT2D eigenvalue weighted by Crippen LogP contribution is 2.32. The molecule has 0 amide bonds. The van der Waals surface area contributed by atoms with Crippen molar-refractivity contribution in [3.8, 4) is 0 Å². The third-order valence-corrected chi connectivity index (χ3v) is 2.40. The van der Waals surface area contributed by atoms with Crippen LogP contribution in [0.1, 0.15) is 41.5 Å². The number of rotatable bonds is 3. The Morgan fingerprint density at radius 3 is 1.86 bits per heavy atom. The fraction of sp³-hybridized carbons (Fsp3) is 0.909. The summed E-state index contributed by atoms with van der Waals surface area (Å²) in [5.74, 6) is 0.0269. The predicted molar refractivity (Wildman–Crippen MR) is 57.2 cm³/mol. The van der Waals surface area contributed by atoms with E-state index in [0.29, 0.717) is 6.54 Å². The van der Waals surface area contributed by atoms with Crippen molar-refractivity contribution in [3.63, 3.8) is 0 Å². The van der Waals surface area contributed by atoms with Crippen molar-refractivity contribution in [2.24, 2.45) is 16.7 Å². The molecule has 0 aliphatic carbocycles. The average Bonchev–Trinajstić information content (AvgIpc) is 1.94. The molecule has 1 atom stereocenters. The molecule has 0 saturated carbocycles. The Kier molecular flexibility index (Phi) is 4.28. The lowest BCUT2D eigenvalue weighted by Crippen LogP contribution is -2.41. The summed E-state index contributed by atoms with van der Waals surface area (Å²) in [6.07, 6.45) is 0. The number of hydroxylamine groups is 1. The molecule has 0 aliphatic rings. The monoisotopic (exact) mass is 201 g/mol. The molecule has 0 aliphatic heterocycles. The van der Waals surface area contributed by atoms with E-state index >= 15 is 0 Å². The zero-order valence-electron chi connectivity index (χ0n) is 10.1. The summed E-state index contributed by atoms with van der Waals surface area (Å²) in [6, 6.07) is 0. The second kappa shape index (κ2) is 4.41. The fourth-order valence-electron chi connectivity index (χ4n) is 1.41. The molecule has 0 fully saturated rings. The first-order chi connectivity index (χ1) is 6.10. The fourth-order valence-corrected chi connectivity index (χ4v) is 1.41. The van der Waals surface area contributed by atoms with Crippen LogP contribution >= 0.6 is 0 Å². The van der Waals surface area contributed by atoms with Gasteiger partial charge in [-0.2, -0.15) is 0 Å². The molecule has 0 aromatic rings. The van der Waals surface area contributed by atoms with Gasteiger partial charge in [-0.25, -0.2) is 5.48 Å². The van der Waals surface area contributed by atoms with Crippen molar-refractivity contribution in [1.29, 1.82) is 0 Å². The van der Waals surface area contributed by atoms with Crippen LogP contribution in [-0.4, -0.2) is 17.5 Å². The van der Waals surface area contributed by atoms with E-state index < -0.39 is 0 Å². The zero-order chi connectivity index (χ0) is 11.6. The SMILES string of the molecule is CC(C)(C)C(=O)C(CNO)C(C)(C)C. The molecule has 0 bridgehead atoms. The van der Waals surface area contributed by atoms with Gasteiger partial charge in [0.25, 0.3) is 0 Å². The second-order valence-corrected chi connectivity index (χ2v) is 5.90. The highest BCUT2D eigenvalue weighted by Gasteiger charge is 2.36. The van der Waals surface area contributed by atoms with E-state index in [-0.39, 0.29) is 22.5 Å². The van der Waals surface area contributed by atoms with Gasteiger partial charge in [0.1, 0.15) is 5.78 Å². The molecule has 3 nitrogen and oxygen atoms in total. The van der Waals surface area contributed by atoms with E-state index in [1.807, 2.05) is 41.5 Å². The summed E-state index contributed by atoms with van der Waals surface area (Å²) in [7, 11) is 0. The number of Topliss-reactive ketones (excluding diaryl/α,β-unsaturated/α-hetero) is 1. The normalized spacial score (nSPS) is 15.4. The number of hydrogen-bond acceptors (Lipinski definition) is 3. The Morgan fingerprint density at radius 1 is 1.21 bits per heavy atom. The van der Waals surface area contributed by atoms with Crippen LogP contribution in [0, 0.1) is 16.7 Å². The molecule has 0 aromatic heterocycles. The number of carbonyl (C=O) groups excluding carboxylic acids is 1. The lowest BCUT2D eigenvalue weighted by molar-refractivity contribution is -0.134. The second-order valence-electron chi connectivity index (χ2n) is 5.90. The third kappa shape index (κ3) is 3.76. The van der Waals surface area contributed by atoms with Crippen molar-refractivity contribution in [1.82, 2.24) is 5.48 Å². The van der Waals surface area contributed by atoms with Gasteiger partial charge in [0, 0.05) is 17.9 Å². The van der Waals surface area contributed by atoms with Gasteiger partial charge in [0.05, 0.1) is 0 Å². The third-order valence-electron chi connectivity index (χ3n) is 2.40. The zero-order valence-corrected chi connectivity index (χ0v) is 10.1. The van der Waals surface area contributed by atoms with Gasteiger partial charge in [0.15, 0.2) is 0 Å². The molecule has 84 valence electrons. The minimum Gasteiger partial charge on any atom is -0.317 e. The number of ketones is 1. The van der Waals surface area contributed by atoms with E-state index in [4.69, 9.17) is 5.21 Å². The Labute approximate surface area is 86.8 Å². The van der Waals surface area contributed by atoms with Crippen LogP contribution < -0.4 is 5.48 Å². The number of carbonyl (C=O) groups is 1. The molecule has 0 heterocycles. The summed E-state index contributed by atoms with van der Waals surface area (Å²) >= 11 is 0. The quantitative estimate of drug-likeness (QED) is 0.688. The highest BCUT2D eigenvalue weighted by atomic mass is 16.5. The van der Waals surface area contributed by atoms with Gasteiger partial charge in [-0.1, -0.05) is 41.5 Å². The van der Waals surface area contributed by atoms with Crippen LogP contribution in [0.4, 0.5) is 0 Å². The first-order valence-electron chi connectivity index (χ1n) is 5.02. The lowest BCUT2D eigenvalue weighted by atomic mass is 9.71. The van der Waals surface area contributed by atoms with Gasteiger partial charge in [-0.3, -0.25) is 4.79 Å². The van der Waals surface area contributed by atoms with E-state index in [0.717, 1.165) is 0 Å². The minimum atomic E-state index is -0.352. The van der Waals surface area contributed by atoms with Crippen molar-refractivity contribution < 1.29 is 10.0 Å². The molecular weight excluding hydrogens is 178 g/mol. The maximum atomic E-state index is 12.1. The average molecular weight is 201 g/mol. The van der Waals surface area contributed by atoms with Crippen LogP contribution in [0.3, 0.4) is 0 Å². The van der Waals surface area contributed by atoms with E-state index in [1.165, 1.54) is 0 Å². The number of nitrogens with one attached hydrogen (secondary N) is 1. The Bertz CT molecular complexity index is 198. The first kappa shape index (κ1) is 13.6. The molecule has 0 aromatic carbocycles. The molecule has 0 rings (SSSR count). The summed E-state index contributed by atoms with van der Waals surface area (Å²) < 4.78 is 0. The Hall–Kier alpha value is -0.410. The summed E-state index contributed by atoms with van der Waals surface area (Å²) in [6.45, 7) is 12.1. The van der Waals surface area contributed by atoms with Gasteiger partial charge in [-0.05, 0) is 5.41 Å². The maximum absolute atomic E-state index is 12.1. The van der Waals surface area contributed by atoms with Gasteiger partial charge < -0.3 is 5.21 Å². The number of hydrogen-bond donors (Lipinski definition) is 2. The molecule has 1 unspecified atom stereocenters. The summed E-state index contributed by atoms with van der Waals surface area (Å²) in [5.41, 5.74) is 1.63. The van der Waals surface area contributed by atoms with Gasteiger partial charge in [-0.15, -0.1) is 0 Å². The molecule has 0 saturated heterocycles. The van der Waals surface area contributed by atoms with Crippen LogP contribution in [0.5, 0.6) is 0 Å². The smallest absolute Gasteiger partial charge is 0.143 e. The summed E-state index contributed by atoms with van der Waals surface area (Å²) in [5, 5.41) is 8.71. The first-order valence-corrected chi connectivity index (χ1v) is 5.02. The lowest BCUT2D eigenvalue weighted by Gasteiger charge is -2.33. The van der Waals surface area contributed by atoms with Crippen molar-refractivity contribution in [2.75, 3.05) is 6.54 Å². The van der Waals surface area contributed by atoms with E-state index in [2.05, 4.69) is 5.48 Å². The molecular formula is C11H23NO2. The van der Waals surface area contributed by atoms with Crippen molar-refractivity contribution in [3.05, 3.63) is 0 Å². The molecule has 14 heavy (non-hydrogen) atoms. The van der Waals surface area contributed by atoms with Crippen molar-refractivity contribution in [2.45, 2.75) is 41.5 Å². The van der Waals surface area contributed by atoms with Crippen LogP contribution in [0.25, 0.3) is 0 Å². The molecule has 0 radical (unpaired) electrons. The van der Waals surface area contributed by atoms with E-state index in [9.17, 15) is 4.79 Å². The maximum Gasteiger partial charge on any atom is 0.143 e. The molecule has 0 spiro atoms. The summed E-state index contributed by atoms with van der Waals surface area (Å²) in [4.78, 5) is 12.1. The standard InChI is InChI=1S/C11H23NO2/c1-10(2,3)8(7-12-14)9(13)11(4,5)6/h8,12,14H,7H2,1-6H3. The van der Waals surface area contributed by atoms with Crippen molar-refractivity contribution >= 4 is 5.78 Å². The highest BCUT2D eigenvalue weighted by molar-refractivity contribution is 5.86. The van der Waals surface area contributed by atoms with Gasteiger partial charge in [0.2, 0.25) is 0 Å².